The average molecular weight is 684 g/mol. The van der Waals surface area contributed by atoms with Crippen LogP contribution in [0.15, 0.2) is 36.4 Å². The minimum absolute atomic E-state index is 0. The minimum atomic E-state index is -0.926. The van der Waals surface area contributed by atoms with Crippen molar-refractivity contribution in [1.82, 2.24) is 30.9 Å². The fourth-order valence-corrected chi connectivity index (χ4v) is 3.15. The zero-order valence-electron chi connectivity index (χ0n) is 28.9. The zero-order valence-corrected chi connectivity index (χ0v) is 30.5. The van der Waals surface area contributed by atoms with Crippen LogP contribution >= 0.6 is 0 Å². The third kappa shape index (κ3) is 18.8. The summed E-state index contributed by atoms with van der Waals surface area (Å²) in [5.74, 6) is -0.878. The zero-order chi connectivity index (χ0) is 36.5. The first-order chi connectivity index (χ1) is 21.5. The molecule has 47 heavy (non-hydrogen) atoms. The summed E-state index contributed by atoms with van der Waals surface area (Å²) < 4.78 is 0. The van der Waals surface area contributed by atoms with Crippen LogP contribution in [0.3, 0.4) is 0 Å². The molecule has 0 saturated carbocycles. The van der Waals surface area contributed by atoms with Gasteiger partial charge in [-0.2, -0.15) is 15.8 Å². The molecule has 0 aliphatic heterocycles. The van der Waals surface area contributed by atoms with Gasteiger partial charge in [0.15, 0.2) is 0 Å². The van der Waals surface area contributed by atoms with Crippen LogP contribution in [-0.4, -0.2) is 56.1 Å². The molecule has 0 spiro atoms. The van der Waals surface area contributed by atoms with Crippen molar-refractivity contribution in [1.29, 1.82) is 15.8 Å². The Morgan fingerprint density at radius 3 is 1.28 bits per heavy atom. The second-order valence-electron chi connectivity index (χ2n) is 9.35. The number of amides is 3. The molecular formula is C32H45N9O5Ti. The molecule has 0 atom stereocenters. The first-order valence-corrected chi connectivity index (χ1v) is 13.9. The second kappa shape index (κ2) is 27.6. The number of aromatic amines is 1. The maximum absolute atomic E-state index is 12.0. The molecule has 0 aliphatic rings. The molecule has 14 nitrogen and oxygen atoms in total. The van der Waals surface area contributed by atoms with Gasteiger partial charge >= 0.3 is 21.7 Å². The van der Waals surface area contributed by atoms with Gasteiger partial charge < -0.3 is 41.1 Å². The van der Waals surface area contributed by atoms with Gasteiger partial charge in [-0.25, -0.2) is 0 Å². The number of H-pyrrole nitrogens is 1. The van der Waals surface area contributed by atoms with E-state index in [0.717, 1.165) is 0 Å². The Balaban J connectivity index is -0.000000430. The van der Waals surface area contributed by atoms with E-state index in [2.05, 4.69) is 30.9 Å². The van der Waals surface area contributed by atoms with Gasteiger partial charge in [-0.15, -0.1) is 23.6 Å². The quantitative estimate of drug-likeness (QED) is 0.272. The van der Waals surface area contributed by atoms with Crippen LogP contribution in [0.1, 0.15) is 104 Å². The van der Waals surface area contributed by atoms with E-state index < -0.39 is 17.6 Å². The maximum atomic E-state index is 12.0. The summed E-state index contributed by atoms with van der Waals surface area (Å²) >= 11 is 0. The van der Waals surface area contributed by atoms with Crippen molar-refractivity contribution in [3.8, 4) is 18.2 Å². The van der Waals surface area contributed by atoms with Gasteiger partial charge in [0.25, 0.3) is 5.91 Å². The number of hydrogen-bond acceptors (Lipinski definition) is 8. The van der Waals surface area contributed by atoms with Crippen LogP contribution in [0.5, 0.6) is 0 Å². The molecule has 4 N–H and O–H groups in total. The number of carbonyl (C=O) groups excluding carboxylic acids is 3. The van der Waals surface area contributed by atoms with Crippen molar-refractivity contribution >= 4 is 17.7 Å². The second-order valence-corrected chi connectivity index (χ2v) is 9.35. The summed E-state index contributed by atoms with van der Waals surface area (Å²) in [5, 5.41) is 48.7. The number of nitrogens with one attached hydrogen (secondary N) is 4. The minimum Gasteiger partial charge on any atom is -0.852 e. The van der Waals surface area contributed by atoms with Gasteiger partial charge in [-0.3, -0.25) is 14.4 Å². The molecule has 3 aromatic rings. The van der Waals surface area contributed by atoms with Crippen molar-refractivity contribution in [3.63, 3.8) is 0 Å². The Morgan fingerprint density at radius 2 is 1.00 bits per heavy atom. The van der Waals surface area contributed by atoms with Crippen molar-refractivity contribution in [2.75, 3.05) is 21.1 Å². The fraction of sp³-hybridized carbons (Fsp3) is 0.438. The Morgan fingerprint density at radius 1 is 0.702 bits per heavy atom. The third-order valence-electron chi connectivity index (χ3n) is 4.92. The summed E-state index contributed by atoms with van der Waals surface area (Å²) in [6.07, 6.45) is -0.833. The molecule has 3 amide bonds. The van der Waals surface area contributed by atoms with Crippen molar-refractivity contribution < 1.29 is 46.3 Å². The summed E-state index contributed by atoms with van der Waals surface area (Å²) in [6, 6.07) is 15.4. The Kier molecular flexibility index (Phi) is 29.0. The van der Waals surface area contributed by atoms with Crippen LogP contribution in [0.4, 0.5) is 0 Å². The smallest absolute Gasteiger partial charge is 0.852 e. The number of aromatic nitrogens is 3. The van der Waals surface area contributed by atoms with E-state index in [4.69, 9.17) is 15.8 Å². The van der Waals surface area contributed by atoms with E-state index in [0.29, 0.717) is 22.8 Å². The predicted molar refractivity (Wildman–Crippen MR) is 170 cm³/mol. The normalized spacial score (nSPS) is 8.94. The largest absolute Gasteiger partial charge is 4.00 e. The molecule has 252 valence electrons. The molecule has 15 heteroatoms. The SMILES string of the molecule is CC#N.CC#N.CC#N.CC(C)[O-].CC(C)[O-].CNC(=O)c1ccc(C(C)(c2ccc(C(=O)NC)[n-]2)c2ccc(C(=O)NC)[nH]2)[n-]1.[Ti+4]. The molecular weight excluding hydrogens is 638 g/mol. The Hall–Kier alpha value is -4.65. The Labute approximate surface area is 292 Å². The Bertz CT molecular complexity index is 1270. The molecule has 3 rings (SSSR count). The average Bonchev–Trinajstić information content (AvgIpc) is 3.78. The van der Waals surface area contributed by atoms with E-state index in [-0.39, 0.29) is 50.8 Å². The summed E-state index contributed by atoms with van der Waals surface area (Å²) in [7, 11) is 4.61. The molecule has 0 bridgehead atoms. The molecule has 3 aromatic heterocycles. The number of nitriles is 3. The number of carbonyl (C=O) groups is 3. The molecule has 3 heterocycles. The van der Waals surface area contributed by atoms with Crippen LogP contribution < -0.4 is 36.1 Å². The summed E-state index contributed by atoms with van der Waals surface area (Å²) in [5.41, 5.74) is 1.76. The molecule has 0 aromatic carbocycles. The van der Waals surface area contributed by atoms with Crippen LogP contribution in [0.25, 0.3) is 0 Å². The van der Waals surface area contributed by atoms with E-state index in [9.17, 15) is 24.6 Å². The third-order valence-corrected chi connectivity index (χ3v) is 4.92. The van der Waals surface area contributed by atoms with Gasteiger partial charge in [-0.1, -0.05) is 63.3 Å². The van der Waals surface area contributed by atoms with Crippen molar-refractivity contribution in [3.05, 3.63) is 70.6 Å². The van der Waals surface area contributed by atoms with E-state index in [1.54, 1.807) is 89.3 Å². The van der Waals surface area contributed by atoms with Crippen molar-refractivity contribution in [2.45, 2.75) is 73.0 Å². The van der Waals surface area contributed by atoms with Gasteiger partial charge in [-0.05, 0) is 19.1 Å². The molecule has 0 radical (unpaired) electrons. The monoisotopic (exact) mass is 683 g/mol. The van der Waals surface area contributed by atoms with Crippen LogP contribution in [0, 0.1) is 34.0 Å². The van der Waals surface area contributed by atoms with Gasteiger partial charge in [0.2, 0.25) is 11.8 Å². The van der Waals surface area contributed by atoms with Gasteiger partial charge in [0, 0.05) is 53.0 Å². The molecule has 0 aliphatic carbocycles. The van der Waals surface area contributed by atoms with E-state index in [1.165, 1.54) is 34.9 Å². The standard InChI is InChI=1S/C20H24N6O3.2C3H7O.3C2H3N.Ti/c1-20(14-8-5-11(24-14)17(27)21-2,15-9-6-12(25-15)18(28)22-3)16-10-7-13(26-16)19(29)23-4;2*1-3(2)4;3*1-2-3;/h5-10H,1-4H3,(H6,21,22,23,24,25,26,27,28,29);2*3H,1-2H3;3*1H3;/q;2*-1;;;;+4/p-2. The number of hydrogen-bond donors (Lipinski definition) is 4. The molecule has 0 fully saturated rings. The van der Waals surface area contributed by atoms with Crippen LogP contribution in [-0.2, 0) is 27.1 Å². The van der Waals surface area contributed by atoms with Crippen LogP contribution in [0.2, 0.25) is 0 Å². The molecule has 0 unspecified atom stereocenters. The van der Waals surface area contributed by atoms with Gasteiger partial charge in [0.05, 0.1) is 18.2 Å². The predicted octanol–water partition coefficient (Wildman–Crippen LogP) is 1.46. The first-order valence-electron chi connectivity index (χ1n) is 13.9. The summed E-state index contributed by atoms with van der Waals surface area (Å²) in [6.45, 7) is 12.6. The topological polar surface area (TPSA) is 249 Å². The maximum Gasteiger partial charge on any atom is 4.00 e. The van der Waals surface area contributed by atoms with Gasteiger partial charge in [0.1, 0.15) is 5.69 Å². The first kappa shape index (κ1) is 49.2. The van der Waals surface area contributed by atoms with Crippen molar-refractivity contribution in [2.24, 2.45) is 0 Å². The van der Waals surface area contributed by atoms with E-state index >= 15 is 0 Å². The fourth-order valence-electron chi connectivity index (χ4n) is 3.15. The molecule has 0 saturated heterocycles. The number of rotatable bonds is 6. The summed E-state index contributed by atoms with van der Waals surface area (Å²) in [4.78, 5) is 48.1. The van der Waals surface area contributed by atoms with E-state index in [1.807, 2.05) is 6.92 Å². The number of nitrogens with zero attached hydrogens (tertiary/aromatic N) is 5.